The largest absolute Gasteiger partial charge is 0.396 e. The molecular formula is C11H13N3O. The number of anilines is 1. The second-order valence-corrected chi connectivity index (χ2v) is 3.45. The predicted octanol–water partition coefficient (Wildman–Crippen LogP) is 1.01. The number of benzene rings is 1. The van der Waals surface area contributed by atoms with Crippen molar-refractivity contribution in [2.75, 3.05) is 5.73 Å². The number of hydrogen-bond donors (Lipinski definition) is 2. The average Bonchev–Trinajstić information content (AvgIpc) is 2.65. The van der Waals surface area contributed by atoms with Crippen LogP contribution in [0.5, 0.6) is 0 Å². The van der Waals surface area contributed by atoms with E-state index in [1.807, 2.05) is 24.3 Å². The van der Waals surface area contributed by atoms with Crippen molar-refractivity contribution < 1.29 is 5.11 Å². The maximum Gasteiger partial charge on any atom is 0.0719 e. The van der Waals surface area contributed by atoms with Gasteiger partial charge in [0.05, 0.1) is 25.0 Å². The maximum atomic E-state index is 8.89. The minimum atomic E-state index is 0.0784. The fourth-order valence-electron chi connectivity index (χ4n) is 1.40. The summed E-state index contributed by atoms with van der Waals surface area (Å²) in [7, 11) is 0. The van der Waals surface area contributed by atoms with E-state index in [9.17, 15) is 0 Å². The van der Waals surface area contributed by atoms with Crippen LogP contribution in [0.2, 0.25) is 0 Å². The van der Waals surface area contributed by atoms with Crippen molar-refractivity contribution in [2.45, 2.75) is 13.2 Å². The third-order valence-electron chi connectivity index (χ3n) is 2.20. The van der Waals surface area contributed by atoms with Gasteiger partial charge in [-0.1, -0.05) is 24.3 Å². The molecule has 0 aliphatic rings. The lowest BCUT2D eigenvalue weighted by Gasteiger charge is -2.02. The molecule has 4 nitrogen and oxygen atoms in total. The molecule has 0 radical (unpaired) electrons. The Morgan fingerprint density at radius 1 is 1.20 bits per heavy atom. The molecule has 0 aliphatic heterocycles. The van der Waals surface area contributed by atoms with E-state index in [2.05, 4.69) is 5.10 Å². The topological polar surface area (TPSA) is 64.1 Å². The van der Waals surface area contributed by atoms with Crippen molar-refractivity contribution in [2.24, 2.45) is 0 Å². The van der Waals surface area contributed by atoms with Crippen LogP contribution in [0.4, 0.5) is 5.69 Å². The first kappa shape index (κ1) is 9.73. The summed E-state index contributed by atoms with van der Waals surface area (Å²) in [5.74, 6) is 0. The van der Waals surface area contributed by atoms with Gasteiger partial charge in [0.15, 0.2) is 0 Å². The Bertz CT molecular complexity index is 433. The predicted molar refractivity (Wildman–Crippen MR) is 58.1 cm³/mol. The summed E-state index contributed by atoms with van der Waals surface area (Å²) >= 11 is 0. The van der Waals surface area contributed by atoms with Gasteiger partial charge in [-0.3, -0.25) is 4.68 Å². The lowest BCUT2D eigenvalue weighted by molar-refractivity contribution is 0.282. The van der Waals surface area contributed by atoms with E-state index in [1.54, 1.807) is 17.1 Å². The van der Waals surface area contributed by atoms with Gasteiger partial charge in [0, 0.05) is 6.20 Å². The number of aromatic nitrogens is 2. The van der Waals surface area contributed by atoms with Gasteiger partial charge in [0.2, 0.25) is 0 Å². The smallest absolute Gasteiger partial charge is 0.0719 e. The Hall–Kier alpha value is -1.81. The maximum absolute atomic E-state index is 8.89. The number of rotatable bonds is 3. The molecule has 0 aliphatic carbocycles. The molecule has 1 heterocycles. The highest BCUT2D eigenvalue weighted by molar-refractivity contribution is 5.31. The third kappa shape index (κ3) is 2.35. The summed E-state index contributed by atoms with van der Waals surface area (Å²) in [5, 5.41) is 13.0. The van der Waals surface area contributed by atoms with E-state index in [0.29, 0.717) is 12.2 Å². The molecule has 2 aromatic rings. The van der Waals surface area contributed by atoms with Gasteiger partial charge < -0.3 is 10.8 Å². The van der Waals surface area contributed by atoms with E-state index in [4.69, 9.17) is 10.8 Å². The molecule has 4 heteroatoms. The highest BCUT2D eigenvalue weighted by Crippen LogP contribution is 2.07. The molecule has 0 unspecified atom stereocenters. The molecule has 0 saturated heterocycles. The van der Waals surface area contributed by atoms with Crippen LogP contribution in [0, 0.1) is 0 Å². The van der Waals surface area contributed by atoms with Gasteiger partial charge in [-0.2, -0.15) is 5.10 Å². The molecule has 0 spiro atoms. The molecule has 1 aromatic carbocycles. The molecule has 1 aromatic heterocycles. The van der Waals surface area contributed by atoms with Gasteiger partial charge >= 0.3 is 0 Å². The van der Waals surface area contributed by atoms with Crippen molar-refractivity contribution in [1.29, 1.82) is 0 Å². The number of aliphatic hydroxyl groups excluding tert-OH is 1. The van der Waals surface area contributed by atoms with Gasteiger partial charge in [-0.25, -0.2) is 0 Å². The average molecular weight is 203 g/mol. The van der Waals surface area contributed by atoms with E-state index < -0.39 is 0 Å². The van der Waals surface area contributed by atoms with Crippen LogP contribution >= 0.6 is 0 Å². The van der Waals surface area contributed by atoms with Crippen molar-refractivity contribution in [3.8, 4) is 0 Å². The lowest BCUT2D eigenvalue weighted by atomic mass is 10.1. The van der Waals surface area contributed by atoms with E-state index in [0.717, 1.165) is 11.1 Å². The first-order chi connectivity index (χ1) is 7.28. The number of nitrogens with zero attached hydrogens (tertiary/aromatic N) is 2. The van der Waals surface area contributed by atoms with Gasteiger partial charge in [-0.15, -0.1) is 0 Å². The second-order valence-electron chi connectivity index (χ2n) is 3.45. The van der Waals surface area contributed by atoms with Crippen molar-refractivity contribution in [1.82, 2.24) is 9.78 Å². The SMILES string of the molecule is Nc1cnn(Cc2ccc(CO)cc2)c1. The standard InChI is InChI=1S/C11H13N3O/c12-11-5-13-14(7-11)6-9-1-3-10(8-15)4-2-9/h1-5,7,15H,6,8,12H2. The highest BCUT2D eigenvalue weighted by Gasteiger charge is 1.97. The number of nitrogen functional groups attached to an aromatic ring is 1. The summed E-state index contributed by atoms with van der Waals surface area (Å²) < 4.78 is 1.78. The fraction of sp³-hybridized carbons (Fsp3) is 0.182. The Morgan fingerprint density at radius 2 is 1.87 bits per heavy atom. The van der Waals surface area contributed by atoms with E-state index in [1.165, 1.54) is 0 Å². The number of hydrogen-bond acceptors (Lipinski definition) is 3. The van der Waals surface area contributed by atoms with Crippen LogP contribution in [0.3, 0.4) is 0 Å². The first-order valence-electron chi connectivity index (χ1n) is 4.74. The second kappa shape index (κ2) is 4.14. The summed E-state index contributed by atoms with van der Waals surface area (Å²) in [4.78, 5) is 0. The van der Waals surface area contributed by atoms with Crippen molar-refractivity contribution in [3.63, 3.8) is 0 Å². The van der Waals surface area contributed by atoms with Crippen LogP contribution in [-0.4, -0.2) is 14.9 Å². The molecule has 0 saturated carbocycles. The lowest BCUT2D eigenvalue weighted by Crippen LogP contribution is -1.99. The normalized spacial score (nSPS) is 10.5. The monoisotopic (exact) mass is 203 g/mol. The summed E-state index contributed by atoms with van der Waals surface area (Å²) in [6.45, 7) is 0.776. The van der Waals surface area contributed by atoms with Crippen LogP contribution in [0.25, 0.3) is 0 Å². The van der Waals surface area contributed by atoms with Crippen molar-refractivity contribution >= 4 is 5.69 Å². The number of aliphatic hydroxyl groups is 1. The fourth-order valence-corrected chi connectivity index (χ4v) is 1.40. The molecule has 0 amide bonds. The molecule has 2 rings (SSSR count). The molecule has 0 bridgehead atoms. The Balaban J connectivity index is 2.11. The molecule has 3 N–H and O–H groups in total. The van der Waals surface area contributed by atoms with Gasteiger partial charge in [0.25, 0.3) is 0 Å². The molecular weight excluding hydrogens is 190 g/mol. The highest BCUT2D eigenvalue weighted by atomic mass is 16.3. The zero-order valence-electron chi connectivity index (χ0n) is 8.30. The number of nitrogens with two attached hydrogens (primary N) is 1. The van der Waals surface area contributed by atoms with Crippen LogP contribution in [-0.2, 0) is 13.2 Å². The van der Waals surface area contributed by atoms with E-state index >= 15 is 0 Å². The minimum Gasteiger partial charge on any atom is -0.396 e. The Morgan fingerprint density at radius 3 is 2.40 bits per heavy atom. The quantitative estimate of drug-likeness (QED) is 0.782. The molecule has 15 heavy (non-hydrogen) atoms. The molecule has 78 valence electrons. The van der Waals surface area contributed by atoms with Crippen molar-refractivity contribution in [3.05, 3.63) is 47.8 Å². The Labute approximate surface area is 88.0 Å². The molecule has 0 fully saturated rings. The van der Waals surface area contributed by atoms with E-state index in [-0.39, 0.29) is 6.61 Å². The first-order valence-corrected chi connectivity index (χ1v) is 4.74. The Kier molecular flexibility index (Phi) is 2.69. The zero-order valence-corrected chi connectivity index (χ0v) is 8.30. The zero-order chi connectivity index (χ0) is 10.7. The van der Waals surface area contributed by atoms with Gasteiger partial charge in [-0.05, 0) is 11.1 Å². The summed E-state index contributed by atoms with van der Waals surface area (Å²) in [6, 6.07) is 7.76. The third-order valence-corrected chi connectivity index (χ3v) is 2.20. The van der Waals surface area contributed by atoms with Gasteiger partial charge in [0.1, 0.15) is 0 Å². The summed E-state index contributed by atoms with van der Waals surface area (Å²) in [5.41, 5.74) is 8.28. The minimum absolute atomic E-state index is 0.0784. The summed E-state index contributed by atoms with van der Waals surface area (Å²) in [6.07, 6.45) is 3.42. The molecule has 0 atom stereocenters. The van der Waals surface area contributed by atoms with Crippen LogP contribution < -0.4 is 5.73 Å². The van der Waals surface area contributed by atoms with Crippen LogP contribution in [0.1, 0.15) is 11.1 Å². The van der Waals surface area contributed by atoms with Crippen LogP contribution in [0.15, 0.2) is 36.7 Å².